The summed E-state index contributed by atoms with van der Waals surface area (Å²) in [7, 11) is 0. The van der Waals surface area contributed by atoms with Crippen LogP contribution in [0.3, 0.4) is 0 Å². The van der Waals surface area contributed by atoms with Gasteiger partial charge in [-0.2, -0.15) is 0 Å². The molecule has 1 saturated carbocycles. The SMILES string of the molecule is NC1(C23CCCN2Cc2ccccc23)CC1. The van der Waals surface area contributed by atoms with Gasteiger partial charge in [0.25, 0.3) is 0 Å². The van der Waals surface area contributed by atoms with Gasteiger partial charge in [0, 0.05) is 12.1 Å². The minimum atomic E-state index is 0.0795. The molecule has 1 aromatic carbocycles. The molecule has 0 spiro atoms. The molecule has 1 unspecified atom stereocenters. The second-order valence-corrected chi connectivity index (χ2v) is 5.70. The van der Waals surface area contributed by atoms with Crippen molar-refractivity contribution >= 4 is 0 Å². The molecule has 3 aliphatic rings. The van der Waals surface area contributed by atoms with Crippen molar-refractivity contribution in [2.24, 2.45) is 5.73 Å². The van der Waals surface area contributed by atoms with Crippen LogP contribution >= 0.6 is 0 Å². The lowest BCUT2D eigenvalue weighted by Crippen LogP contribution is -2.52. The number of benzene rings is 1. The lowest BCUT2D eigenvalue weighted by Gasteiger charge is -2.39. The quantitative estimate of drug-likeness (QED) is 0.774. The molecule has 0 radical (unpaired) electrons. The van der Waals surface area contributed by atoms with Gasteiger partial charge in [-0.05, 0) is 43.4 Å². The molecule has 0 amide bonds. The number of nitrogens with zero attached hydrogens (tertiary/aromatic N) is 1. The summed E-state index contributed by atoms with van der Waals surface area (Å²) >= 11 is 0. The molecule has 84 valence electrons. The highest BCUT2D eigenvalue weighted by atomic mass is 15.3. The van der Waals surface area contributed by atoms with Crippen LogP contribution in [0.2, 0.25) is 0 Å². The second-order valence-electron chi connectivity index (χ2n) is 5.70. The Bertz CT molecular complexity index is 450. The first kappa shape index (κ1) is 9.20. The first-order chi connectivity index (χ1) is 7.76. The van der Waals surface area contributed by atoms with E-state index in [1.54, 1.807) is 0 Å². The zero-order valence-corrected chi connectivity index (χ0v) is 9.58. The summed E-state index contributed by atoms with van der Waals surface area (Å²) in [6.07, 6.45) is 4.99. The number of hydrogen-bond acceptors (Lipinski definition) is 2. The maximum Gasteiger partial charge on any atom is 0.0648 e. The molecule has 2 aliphatic heterocycles. The number of rotatable bonds is 1. The van der Waals surface area contributed by atoms with E-state index in [9.17, 15) is 0 Å². The minimum Gasteiger partial charge on any atom is -0.323 e. The highest BCUT2D eigenvalue weighted by Gasteiger charge is 2.64. The summed E-state index contributed by atoms with van der Waals surface area (Å²) in [4.78, 5) is 2.64. The predicted molar refractivity (Wildman–Crippen MR) is 63.9 cm³/mol. The number of nitrogens with two attached hydrogens (primary N) is 1. The van der Waals surface area contributed by atoms with E-state index in [0.29, 0.717) is 0 Å². The third kappa shape index (κ3) is 0.871. The Morgan fingerprint density at radius 2 is 1.94 bits per heavy atom. The maximum atomic E-state index is 6.60. The molecule has 2 fully saturated rings. The highest BCUT2D eigenvalue weighted by molar-refractivity contribution is 5.45. The van der Waals surface area contributed by atoms with Crippen LogP contribution in [0.4, 0.5) is 0 Å². The topological polar surface area (TPSA) is 29.3 Å². The molecular weight excluding hydrogens is 196 g/mol. The summed E-state index contributed by atoms with van der Waals surface area (Å²) in [6.45, 7) is 2.35. The van der Waals surface area contributed by atoms with Crippen molar-refractivity contribution in [3.8, 4) is 0 Å². The molecule has 4 rings (SSSR count). The van der Waals surface area contributed by atoms with E-state index in [1.807, 2.05) is 0 Å². The zero-order chi connectivity index (χ0) is 10.8. The van der Waals surface area contributed by atoms with Gasteiger partial charge in [-0.3, -0.25) is 4.90 Å². The summed E-state index contributed by atoms with van der Waals surface area (Å²) in [5.41, 5.74) is 9.93. The third-order valence-corrected chi connectivity index (χ3v) is 4.94. The van der Waals surface area contributed by atoms with E-state index in [2.05, 4.69) is 29.2 Å². The van der Waals surface area contributed by atoms with Gasteiger partial charge in [-0.25, -0.2) is 0 Å². The van der Waals surface area contributed by atoms with Crippen LogP contribution in [0.15, 0.2) is 24.3 Å². The van der Waals surface area contributed by atoms with Gasteiger partial charge in [0.2, 0.25) is 0 Å². The monoisotopic (exact) mass is 214 g/mol. The van der Waals surface area contributed by atoms with Gasteiger partial charge in [-0.1, -0.05) is 24.3 Å². The van der Waals surface area contributed by atoms with Crippen LogP contribution in [0.25, 0.3) is 0 Å². The Kier molecular flexibility index (Phi) is 1.55. The van der Waals surface area contributed by atoms with Gasteiger partial charge in [0.15, 0.2) is 0 Å². The van der Waals surface area contributed by atoms with Crippen molar-refractivity contribution in [2.45, 2.75) is 43.3 Å². The molecule has 2 heteroatoms. The van der Waals surface area contributed by atoms with Gasteiger partial charge in [0.05, 0.1) is 5.54 Å². The average Bonchev–Trinajstić information content (AvgIpc) is 2.77. The summed E-state index contributed by atoms with van der Waals surface area (Å²) < 4.78 is 0. The zero-order valence-electron chi connectivity index (χ0n) is 9.58. The molecule has 1 atom stereocenters. The smallest absolute Gasteiger partial charge is 0.0648 e. The fraction of sp³-hybridized carbons (Fsp3) is 0.571. The van der Waals surface area contributed by atoms with Crippen molar-refractivity contribution in [3.63, 3.8) is 0 Å². The average molecular weight is 214 g/mol. The Morgan fingerprint density at radius 1 is 1.12 bits per heavy atom. The van der Waals surface area contributed by atoms with Gasteiger partial charge >= 0.3 is 0 Å². The van der Waals surface area contributed by atoms with Crippen LogP contribution < -0.4 is 5.73 Å². The largest absolute Gasteiger partial charge is 0.323 e. The summed E-state index contributed by atoms with van der Waals surface area (Å²) in [5.74, 6) is 0. The molecular formula is C14H18N2. The van der Waals surface area contributed by atoms with E-state index < -0.39 is 0 Å². The van der Waals surface area contributed by atoms with Gasteiger partial charge in [0.1, 0.15) is 0 Å². The molecule has 1 aromatic rings. The maximum absolute atomic E-state index is 6.60. The fourth-order valence-electron chi connectivity index (χ4n) is 4.04. The first-order valence-electron chi connectivity index (χ1n) is 6.39. The minimum absolute atomic E-state index is 0.0795. The van der Waals surface area contributed by atoms with E-state index in [0.717, 1.165) is 6.54 Å². The molecule has 16 heavy (non-hydrogen) atoms. The van der Waals surface area contributed by atoms with Crippen LogP contribution in [0, 0.1) is 0 Å². The normalized spacial score (nSPS) is 34.8. The van der Waals surface area contributed by atoms with E-state index >= 15 is 0 Å². The molecule has 0 bridgehead atoms. The Morgan fingerprint density at radius 3 is 2.75 bits per heavy atom. The molecule has 2 heterocycles. The van der Waals surface area contributed by atoms with E-state index in [1.165, 1.54) is 43.4 Å². The predicted octanol–water partition coefficient (Wildman–Crippen LogP) is 1.98. The van der Waals surface area contributed by atoms with Crippen molar-refractivity contribution < 1.29 is 0 Å². The van der Waals surface area contributed by atoms with Gasteiger partial charge in [-0.15, -0.1) is 0 Å². The highest BCUT2D eigenvalue weighted by Crippen LogP contribution is 2.60. The molecule has 1 aliphatic carbocycles. The van der Waals surface area contributed by atoms with Crippen LogP contribution in [-0.4, -0.2) is 17.0 Å². The van der Waals surface area contributed by atoms with E-state index in [4.69, 9.17) is 5.73 Å². The van der Waals surface area contributed by atoms with Crippen molar-refractivity contribution in [3.05, 3.63) is 35.4 Å². The lowest BCUT2D eigenvalue weighted by molar-refractivity contribution is 0.112. The Labute approximate surface area is 96.4 Å². The third-order valence-electron chi connectivity index (χ3n) is 4.94. The standard InChI is InChI=1S/C14H18N2/c15-13(7-8-13)14-6-3-9-16(14)10-11-4-1-2-5-12(11)14/h1-2,4-5H,3,6-10,15H2. The molecule has 2 N–H and O–H groups in total. The van der Waals surface area contributed by atoms with E-state index in [-0.39, 0.29) is 11.1 Å². The number of hydrogen-bond donors (Lipinski definition) is 1. The first-order valence-corrected chi connectivity index (χ1v) is 6.39. The van der Waals surface area contributed by atoms with Crippen LogP contribution in [-0.2, 0) is 12.1 Å². The molecule has 1 saturated heterocycles. The van der Waals surface area contributed by atoms with Gasteiger partial charge < -0.3 is 5.73 Å². The summed E-state index contributed by atoms with van der Waals surface area (Å²) in [5, 5.41) is 0. The molecule has 2 nitrogen and oxygen atoms in total. The van der Waals surface area contributed by atoms with Crippen LogP contribution in [0.1, 0.15) is 36.8 Å². The Balaban J connectivity index is 1.95. The van der Waals surface area contributed by atoms with Crippen molar-refractivity contribution in [1.82, 2.24) is 4.90 Å². The number of fused-ring (bicyclic) bond motifs is 3. The van der Waals surface area contributed by atoms with Crippen molar-refractivity contribution in [2.75, 3.05) is 6.54 Å². The second kappa shape index (κ2) is 2.69. The fourth-order valence-corrected chi connectivity index (χ4v) is 4.04. The van der Waals surface area contributed by atoms with Crippen molar-refractivity contribution in [1.29, 1.82) is 0 Å². The summed E-state index contributed by atoms with van der Waals surface area (Å²) in [6, 6.07) is 8.92. The van der Waals surface area contributed by atoms with Crippen LogP contribution in [0.5, 0.6) is 0 Å². The molecule has 0 aromatic heterocycles. The lowest BCUT2D eigenvalue weighted by atomic mass is 9.79. The Hall–Kier alpha value is -0.860.